The Morgan fingerprint density at radius 2 is 2.00 bits per heavy atom. The minimum absolute atomic E-state index is 0.0102. The lowest BCUT2D eigenvalue weighted by molar-refractivity contribution is 0.414. The second-order valence-corrected chi connectivity index (χ2v) is 6.65. The van der Waals surface area contributed by atoms with E-state index in [0.29, 0.717) is 33.2 Å². The maximum absolute atomic E-state index is 13.1. The van der Waals surface area contributed by atoms with Crippen molar-refractivity contribution in [3.63, 3.8) is 0 Å². The van der Waals surface area contributed by atoms with Gasteiger partial charge in [0.1, 0.15) is 17.0 Å². The monoisotopic (exact) mass is 421 g/mol. The van der Waals surface area contributed by atoms with Crippen molar-refractivity contribution in [2.24, 2.45) is 5.10 Å². The SMILES string of the molecule is COc1ccc(-n2c(=O)c(N/N=C/c3ccc(Cl)cc3O)nc3cccnc32)cc1. The topological polar surface area (TPSA) is 102 Å². The fraction of sp³-hybridized carbons (Fsp3) is 0.0476. The zero-order chi connectivity index (χ0) is 21.1. The molecule has 0 amide bonds. The fourth-order valence-electron chi connectivity index (χ4n) is 2.85. The van der Waals surface area contributed by atoms with Crippen LogP contribution in [0.25, 0.3) is 16.9 Å². The minimum Gasteiger partial charge on any atom is -0.507 e. The molecule has 0 atom stereocenters. The van der Waals surface area contributed by atoms with Crippen LogP contribution in [0.3, 0.4) is 0 Å². The number of phenols is 1. The molecular weight excluding hydrogens is 406 g/mol. The summed E-state index contributed by atoms with van der Waals surface area (Å²) in [6.07, 6.45) is 2.97. The predicted octanol–water partition coefficient (Wildman–Crippen LogP) is 3.59. The molecule has 4 rings (SSSR count). The van der Waals surface area contributed by atoms with E-state index in [4.69, 9.17) is 16.3 Å². The molecule has 2 heterocycles. The summed E-state index contributed by atoms with van der Waals surface area (Å²) in [6.45, 7) is 0. The van der Waals surface area contributed by atoms with Crippen molar-refractivity contribution in [2.75, 3.05) is 12.5 Å². The van der Waals surface area contributed by atoms with Crippen molar-refractivity contribution in [1.29, 1.82) is 0 Å². The van der Waals surface area contributed by atoms with Crippen molar-refractivity contribution in [3.8, 4) is 17.2 Å². The zero-order valence-electron chi connectivity index (χ0n) is 15.8. The molecule has 0 saturated heterocycles. The van der Waals surface area contributed by atoms with Crippen LogP contribution in [0.2, 0.25) is 5.02 Å². The van der Waals surface area contributed by atoms with E-state index in [0.717, 1.165) is 0 Å². The first-order valence-electron chi connectivity index (χ1n) is 8.86. The van der Waals surface area contributed by atoms with Crippen LogP contribution in [0.1, 0.15) is 5.56 Å². The van der Waals surface area contributed by atoms with Crippen LogP contribution in [0.5, 0.6) is 11.5 Å². The molecule has 2 N–H and O–H groups in total. The van der Waals surface area contributed by atoms with Gasteiger partial charge in [-0.25, -0.2) is 9.97 Å². The van der Waals surface area contributed by atoms with E-state index in [-0.39, 0.29) is 11.6 Å². The normalized spacial score (nSPS) is 11.1. The van der Waals surface area contributed by atoms with Crippen molar-refractivity contribution >= 4 is 34.8 Å². The molecule has 0 aliphatic heterocycles. The number of nitrogens with zero attached hydrogens (tertiary/aromatic N) is 4. The second kappa shape index (κ2) is 8.22. The van der Waals surface area contributed by atoms with Gasteiger partial charge in [0.2, 0.25) is 5.82 Å². The molecule has 0 radical (unpaired) electrons. The van der Waals surface area contributed by atoms with Crippen molar-refractivity contribution < 1.29 is 9.84 Å². The Kier molecular flexibility index (Phi) is 5.32. The lowest BCUT2D eigenvalue weighted by atomic mass is 10.2. The van der Waals surface area contributed by atoms with Crippen LogP contribution < -0.4 is 15.7 Å². The van der Waals surface area contributed by atoms with E-state index in [1.807, 2.05) is 0 Å². The molecule has 4 aromatic rings. The Balaban J connectivity index is 1.76. The molecule has 150 valence electrons. The number of benzene rings is 2. The van der Waals surface area contributed by atoms with E-state index in [1.165, 1.54) is 16.8 Å². The number of rotatable bonds is 5. The highest BCUT2D eigenvalue weighted by Crippen LogP contribution is 2.21. The number of halogens is 1. The van der Waals surface area contributed by atoms with Gasteiger partial charge in [0.05, 0.1) is 19.0 Å². The average molecular weight is 422 g/mol. The maximum atomic E-state index is 13.1. The molecule has 8 nitrogen and oxygen atoms in total. The minimum atomic E-state index is -0.427. The molecule has 2 aromatic heterocycles. The molecule has 0 fully saturated rings. The first kappa shape index (κ1) is 19.4. The zero-order valence-corrected chi connectivity index (χ0v) is 16.5. The number of pyridine rings is 1. The molecule has 0 spiro atoms. The van der Waals surface area contributed by atoms with E-state index in [9.17, 15) is 9.90 Å². The fourth-order valence-corrected chi connectivity index (χ4v) is 3.02. The number of phenolic OH excluding ortho intramolecular Hbond substituents is 1. The Morgan fingerprint density at radius 3 is 2.73 bits per heavy atom. The van der Waals surface area contributed by atoms with Gasteiger partial charge < -0.3 is 9.84 Å². The summed E-state index contributed by atoms with van der Waals surface area (Å²) < 4.78 is 6.63. The first-order chi connectivity index (χ1) is 14.6. The van der Waals surface area contributed by atoms with Crippen LogP contribution >= 0.6 is 11.6 Å². The van der Waals surface area contributed by atoms with Crippen LogP contribution in [0.4, 0.5) is 5.82 Å². The Hall–Kier alpha value is -3.91. The average Bonchev–Trinajstić information content (AvgIpc) is 2.76. The maximum Gasteiger partial charge on any atom is 0.301 e. The number of hydrogen-bond donors (Lipinski definition) is 2. The van der Waals surface area contributed by atoms with Gasteiger partial charge in [-0.05, 0) is 54.6 Å². The summed E-state index contributed by atoms with van der Waals surface area (Å²) >= 11 is 5.83. The van der Waals surface area contributed by atoms with Gasteiger partial charge in [-0.15, -0.1) is 0 Å². The van der Waals surface area contributed by atoms with Crippen molar-refractivity contribution in [3.05, 3.63) is 81.7 Å². The third kappa shape index (κ3) is 3.81. The number of anilines is 1. The van der Waals surface area contributed by atoms with Gasteiger partial charge in [-0.1, -0.05) is 11.6 Å². The van der Waals surface area contributed by atoms with Crippen LogP contribution in [0, 0.1) is 0 Å². The van der Waals surface area contributed by atoms with E-state index in [2.05, 4.69) is 20.5 Å². The molecule has 0 saturated carbocycles. The van der Waals surface area contributed by atoms with Gasteiger partial charge >= 0.3 is 5.56 Å². The third-order valence-electron chi connectivity index (χ3n) is 4.31. The Bertz CT molecular complexity index is 1300. The predicted molar refractivity (Wildman–Crippen MR) is 116 cm³/mol. The number of methoxy groups -OCH3 is 1. The number of hydrazone groups is 1. The number of aromatic nitrogens is 3. The van der Waals surface area contributed by atoms with Crippen LogP contribution in [0.15, 0.2) is 70.7 Å². The molecule has 2 aromatic carbocycles. The number of aromatic hydroxyl groups is 1. The highest BCUT2D eigenvalue weighted by Gasteiger charge is 2.13. The molecule has 30 heavy (non-hydrogen) atoms. The number of nitrogens with one attached hydrogen (secondary N) is 1. The molecular formula is C21H16ClN5O3. The second-order valence-electron chi connectivity index (χ2n) is 6.22. The van der Waals surface area contributed by atoms with Gasteiger partial charge in [-0.3, -0.25) is 14.8 Å². The molecule has 0 bridgehead atoms. The lowest BCUT2D eigenvalue weighted by Crippen LogP contribution is -2.23. The van der Waals surface area contributed by atoms with Gasteiger partial charge in [0.15, 0.2) is 5.65 Å². The standard InChI is InChI=1S/C21H16ClN5O3/c1-30-16-8-6-15(7-9-16)27-20-17(3-2-10-23-20)25-19(21(27)29)26-24-12-13-4-5-14(22)11-18(13)28/h2-12,28H,1H3,(H,25,26)/b24-12+. The molecule has 0 unspecified atom stereocenters. The Labute approximate surface area is 176 Å². The smallest absolute Gasteiger partial charge is 0.301 e. The summed E-state index contributed by atoms with van der Waals surface area (Å²) in [5.41, 5.74) is 4.20. The summed E-state index contributed by atoms with van der Waals surface area (Å²) in [7, 11) is 1.57. The summed E-state index contributed by atoms with van der Waals surface area (Å²) in [5.74, 6) is 0.652. The third-order valence-corrected chi connectivity index (χ3v) is 4.55. The number of ether oxygens (including phenoxy) is 1. The molecule has 0 aliphatic rings. The van der Waals surface area contributed by atoms with E-state index >= 15 is 0 Å². The van der Waals surface area contributed by atoms with Crippen molar-refractivity contribution in [1.82, 2.24) is 14.5 Å². The first-order valence-corrected chi connectivity index (χ1v) is 9.24. The van der Waals surface area contributed by atoms with Crippen LogP contribution in [-0.4, -0.2) is 33.0 Å². The lowest BCUT2D eigenvalue weighted by Gasteiger charge is -2.11. The number of fused-ring (bicyclic) bond motifs is 1. The number of hydrogen-bond acceptors (Lipinski definition) is 7. The molecule has 9 heteroatoms. The van der Waals surface area contributed by atoms with Crippen molar-refractivity contribution in [2.45, 2.75) is 0 Å². The summed E-state index contributed by atoms with van der Waals surface area (Å²) in [6, 6.07) is 15.1. The molecule has 0 aliphatic carbocycles. The van der Waals surface area contributed by atoms with Gasteiger partial charge in [0.25, 0.3) is 0 Å². The highest BCUT2D eigenvalue weighted by molar-refractivity contribution is 6.30. The van der Waals surface area contributed by atoms with Crippen LogP contribution in [-0.2, 0) is 0 Å². The largest absolute Gasteiger partial charge is 0.507 e. The quantitative estimate of drug-likeness (QED) is 0.377. The van der Waals surface area contributed by atoms with E-state index < -0.39 is 5.56 Å². The summed E-state index contributed by atoms with van der Waals surface area (Å²) in [5, 5.41) is 14.4. The summed E-state index contributed by atoms with van der Waals surface area (Å²) in [4.78, 5) is 21.8. The highest BCUT2D eigenvalue weighted by atomic mass is 35.5. The van der Waals surface area contributed by atoms with E-state index in [1.54, 1.807) is 61.8 Å². The van der Waals surface area contributed by atoms with Gasteiger partial charge in [-0.2, -0.15) is 5.10 Å². The van der Waals surface area contributed by atoms with Gasteiger partial charge in [0, 0.05) is 16.8 Å². The Morgan fingerprint density at radius 1 is 1.20 bits per heavy atom.